The first-order chi connectivity index (χ1) is 11.7. The van der Waals surface area contributed by atoms with Gasteiger partial charge in [0.25, 0.3) is 0 Å². The van der Waals surface area contributed by atoms with E-state index in [1.54, 1.807) is 24.7 Å². The van der Waals surface area contributed by atoms with E-state index in [0.29, 0.717) is 52.2 Å². The van der Waals surface area contributed by atoms with Gasteiger partial charge in [0.05, 0.1) is 0 Å². The van der Waals surface area contributed by atoms with Gasteiger partial charge in [-0.25, -0.2) is 0 Å². The van der Waals surface area contributed by atoms with Crippen LogP contribution in [0.3, 0.4) is 0 Å². The first-order valence-corrected chi connectivity index (χ1v) is 14.3. The number of amides is 2. The van der Waals surface area contributed by atoms with E-state index in [-0.39, 0.29) is 11.8 Å². The molecule has 0 spiro atoms. The molecule has 6 nitrogen and oxygen atoms in total. The molecule has 2 rings (SSSR count). The van der Waals surface area contributed by atoms with Gasteiger partial charge in [0.1, 0.15) is 0 Å². The zero-order valence-corrected chi connectivity index (χ0v) is 16.6. The Morgan fingerprint density at radius 2 is 1.29 bits per heavy atom. The standard InChI is InChI=1S/C16H20N2O4Se2/c19-15(17-11-13-3-1-7-21-13)5-9-23-24-10-6-16(20)18-12-14-4-2-8-22-14/h1-4,7-8H,5-6,9-12H2,(H,17,19)(H,18,20). The summed E-state index contributed by atoms with van der Waals surface area (Å²) < 4.78 is 10.3. The maximum atomic E-state index is 11.7. The molecule has 0 saturated heterocycles. The molecule has 0 bridgehead atoms. The molecule has 8 heteroatoms. The van der Waals surface area contributed by atoms with Crippen molar-refractivity contribution >= 4 is 38.1 Å². The summed E-state index contributed by atoms with van der Waals surface area (Å²) in [4.78, 5) is 23.3. The maximum absolute atomic E-state index is 11.7. The topological polar surface area (TPSA) is 84.5 Å². The molecule has 2 aromatic heterocycles. The molecule has 0 fully saturated rings. The second-order valence-corrected chi connectivity index (χ2v) is 12.7. The molecule has 2 aromatic rings. The Balaban J connectivity index is 1.42. The van der Waals surface area contributed by atoms with Crippen molar-refractivity contribution in [2.24, 2.45) is 0 Å². The summed E-state index contributed by atoms with van der Waals surface area (Å²) in [6.07, 6.45) is 4.29. The molecule has 0 atom stereocenters. The third kappa shape index (κ3) is 7.88. The Labute approximate surface area is 152 Å². The van der Waals surface area contributed by atoms with Crippen molar-refractivity contribution in [3.8, 4) is 0 Å². The van der Waals surface area contributed by atoms with Crippen molar-refractivity contribution in [1.82, 2.24) is 10.6 Å². The van der Waals surface area contributed by atoms with Crippen LogP contribution in [0.25, 0.3) is 0 Å². The van der Waals surface area contributed by atoms with Gasteiger partial charge in [-0.1, -0.05) is 0 Å². The summed E-state index contributed by atoms with van der Waals surface area (Å²) in [5.41, 5.74) is 0. The van der Waals surface area contributed by atoms with Gasteiger partial charge in [0.15, 0.2) is 0 Å². The van der Waals surface area contributed by atoms with Crippen molar-refractivity contribution in [3.05, 3.63) is 48.3 Å². The average Bonchev–Trinajstić information content (AvgIpc) is 3.27. The van der Waals surface area contributed by atoms with Crippen molar-refractivity contribution in [2.75, 3.05) is 0 Å². The zero-order valence-electron chi connectivity index (χ0n) is 13.2. The molecule has 0 aliphatic heterocycles. The van der Waals surface area contributed by atoms with Gasteiger partial charge in [-0.2, -0.15) is 0 Å². The molecule has 0 saturated carbocycles. The van der Waals surface area contributed by atoms with E-state index < -0.39 is 0 Å². The number of nitrogens with one attached hydrogen (secondary N) is 2. The molecule has 130 valence electrons. The summed E-state index contributed by atoms with van der Waals surface area (Å²) >= 11 is 0.909. The van der Waals surface area contributed by atoms with Gasteiger partial charge in [0, 0.05) is 0 Å². The normalized spacial score (nSPS) is 10.5. The van der Waals surface area contributed by atoms with E-state index in [1.807, 2.05) is 12.1 Å². The summed E-state index contributed by atoms with van der Waals surface area (Å²) in [5.74, 6) is 1.64. The van der Waals surface area contributed by atoms with Crippen LogP contribution in [0.2, 0.25) is 10.6 Å². The van der Waals surface area contributed by atoms with E-state index in [1.165, 1.54) is 0 Å². The Kier molecular flexibility index (Phi) is 8.77. The SMILES string of the molecule is O=C(CC[Se][Se]CCC(=O)NCc1ccco1)NCc1ccco1. The molecule has 24 heavy (non-hydrogen) atoms. The van der Waals surface area contributed by atoms with E-state index >= 15 is 0 Å². The minimum absolute atomic E-state index is 0.0558. The summed E-state index contributed by atoms with van der Waals surface area (Å²) in [7, 11) is 0. The molecular weight excluding hydrogens is 442 g/mol. The van der Waals surface area contributed by atoms with Crippen LogP contribution < -0.4 is 10.6 Å². The molecule has 0 aliphatic rings. The van der Waals surface area contributed by atoms with Crippen LogP contribution in [0.15, 0.2) is 45.6 Å². The van der Waals surface area contributed by atoms with Gasteiger partial charge in [-0.05, 0) is 0 Å². The van der Waals surface area contributed by atoms with E-state index in [9.17, 15) is 9.59 Å². The summed E-state index contributed by atoms with van der Waals surface area (Å²) in [6.45, 7) is 0.889. The first kappa shape index (κ1) is 18.9. The van der Waals surface area contributed by atoms with E-state index in [0.717, 1.165) is 22.2 Å². The van der Waals surface area contributed by atoms with Crippen LogP contribution in [-0.2, 0) is 22.7 Å². The van der Waals surface area contributed by atoms with Crippen molar-refractivity contribution in [2.45, 2.75) is 36.6 Å². The van der Waals surface area contributed by atoms with Crippen LogP contribution >= 0.6 is 0 Å². The third-order valence-corrected chi connectivity index (χ3v) is 10.3. The predicted octanol–water partition coefficient (Wildman–Crippen LogP) is 1.75. The number of hydrogen-bond donors (Lipinski definition) is 2. The first-order valence-electron chi connectivity index (χ1n) is 7.56. The number of furan rings is 2. The molecule has 0 aliphatic carbocycles. The van der Waals surface area contributed by atoms with Crippen molar-refractivity contribution < 1.29 is 18.4 Å². The van der Waals surface area contributed by atoms with E-state index in [4.69, 9.17) is 8.83 Å². The monoisotopic (exact) mass is 464 g/mol. The third-order valence-electron chi connectivity index (χ3n) is 2.99. The van der Waals surface area contributed by atoms with Gasteiger partial charge >= 0.3 is 152 Å². The predicted molar refractivity (Wildman–Crippen MR) is 91.5 cm³/mol. The Morgan fingerprint density at radius 1 is 0.833 bits per heavy atom. The number of carbonyl (C=O) groups is 2. The van der Waals surface area contributed by atoms with Gasteiger partial charge < -0.3 is 0 Å². The average molecular weight is 462 g/mol. The fourth-order valence-corrected chi connectivity index (χ4v) is 7.77. The van der Waals surface area contributed by atoms with Crippen LogP contribution in [0, 0.1) is 0 Å². The minimum atomic E-state index is 0.0558. The van der Waals surface area contributed by atoms with Gasteiger partial charge in [0.2, 0.25) is 0 Å². The molecule has 0 unspecified atom stereocenters. The van der Waals surface area contributed by atoms with Crippen LogP contribution in [-0.4, -0.2) is 38.1 Å². The number of hydrogen-bond acceptors (Lipinski definition) is 4. The van der Waals surface area contributed by atoms with Crippen LogP contribution in [0.5, 0.6) is 0 Å². The summed E-state index contributed by atoms with van der Waals surface area (Å²) in [6, 6.07) is 7.28. The molecule has 0 aromatic carbocycles. The molecule has 0 radical (unpaired) electrons. The van der Waals surface area contributed by atoms with Crippen molar-refractivity contribution in [1.29, 1.82) is 0 Å². The molecule has 2 amide bonds. The molecule has 2 N–H and O–H groups in total. The molecular formula is C16H20N2O4Se2. The fraction of sp³-hybridized carbons (Fsp3) is 0.375. The Hall–Kier alpha value is -1.46. The van der Waals surface area contributed by atoms with Crippen molar-refractivity contribution in [3.63, 3.8) is 0 Å². The number of rotatable bonds is 11. The van der Waals surface area contributed by atoms with E-state index in [2.05, 4.69) is 10.6 Å². The van der Waals surface area contributed by atoms with Crippen LogP contribution in [0.1, 0.15) is 24.4 Å². The second-order valence-electron chi connectivity index (χ2n) is 4.86. The van der Waals surface area contributed by atoms with Gasteiger partial charge in [-0.3, -0.25) is 0 Å². The van der Waals surface area contributed by atoms with Crippen LogP contribution in [0.4, 0.5) is 0 Å². The second kappa shape index (κ2) is 11.2. The molecule has 2 heterocycles. The fourth-order valence-electron chi connectivity index (χ4n) is 1.76. The Bertz CT molecular complexity index is 545. The Morgan fingerprint density at radius 3 is 1.67 bits per heavy atom. The number of carbonyl (C=O) groups excluding carboxylic acids is 2. The zero-order chi connectivity index (χ0) is 17.0. The quantitative estimate of drug-likeness (QED) is 0.394. The summed E-state index contributed by atoms with van der Waals surface area (Å²) in [5, 5.41) is 7.51. The van der Waals surface area contributed by atoms with Gasteiger partial charge in [-0.15, -0.1) is 0 Å².